The first-order valence-corrected chi connectivity index (χ1v) is 5.68. The van der Waals surface area contributed by atoms with E-state index < -0.39 is 0 Å². The van der Waals surface area contributed by atoms with Crippen molar-refractivity contribution >= 4 is 16.6 Å². The Morgan fingerprint density at radius 1 is 0.882 bits per heavy atom. The van der Waals surface area contributed by atoms with Crippen molar-refractivity contribution in [3.63, 3.8) is 0 Å². The Labute approximate surface area is 100 Å². The van der Waals surface area contributed by atoms with Gasteiger partial charge >= 0.3 is 0 Å². The second kappa shape index (κ2) is 3.67. The maximum absolute atomic E-state index is 5.69. The number of nitrogen functional groups attached to an aromatic ring is 1. The number of hydrogen-bond acceptors (Lipinski definition) is 1. The number of hydrogen-bond donors (Lipinski definition) is 2. The summed E-state index contributed by atoms with van der Waals surface area (Å²) in [6, 6.07) is 16.6. The summed E-state index contributed by atoms with van der Waals surface area (Å²) in [5.41, 5.74) is 11.3. The Morgan fingerprint density at radius 3 is 2.35 bits per heavy atom. The summed E-state index contributed by atoms with van der Waals surface area (Å²) in [4.78, 5) is 3.33. The highest BCUT2D eigenvalue weighted by molar-refractivity contribution is 5.85. The molecule has 1 aromatic heterocycles. The van der Waals surface area contributed by atoms with Crippen LogP contribution in [0.3, 0.4) is 0 Å². The average molecular weight is 222 g/mol. The predicted molar refractivity (Wildman–Crippen MR) is 72.9 cm³/mol. The van der Waals surface area contributed by atoms with Gasteiger partial charge in [-0.05, 0) is 48.4 Å². The Balaban J connectivity index is 2.13. The molecule has 1 heterocycles. The van der Waals surface area contributed by atoms with E-state index in [0.717, 1.165) is 5.69 Å². The van der Waals surface area contributed by atoms with Crippen LogP contribution in [-0.4, -0.2) is 4.98 Å². The summed E-state index contributed by atoms with van der Waals surface area (Å²) < 4.78 is 0. The lowest BCUT2D eigenvalue weighted by Crippen LogP contribution is -1.83. The van der Waals surface area contributed by atoms with Crippen LogP contribution < -0.4 is 5.73 Å². The number of aromatic amines is 1. The van der Waals surface area contributed by atoms with Crippen LogP contribution in [0.15, 0.2) is 48.5 Å². The summed E-state index contributed by atoms with van der Waals surface area (Å²) in [6.45, 7) is 2.07. The number of aryl methyl sites for hydroxylation is 1. The van der Waals surface area contributed by atoms with Crippen molar-refractivity contribution in [3.05, 3.63) is 54.2 Å². The van der Waals surface area contributed by atoms with Crippen LogP contribution in [0.2, 0.25) is 0 Å². The molecule has 0 saturated carbocycles. The molecule has 3 N–H and O–H groups in total. The lowest BCUT2D eigenvalue weighted by atomic mass is 10.0. The van der Waals surface area contributed by atoms with E-state index in [-0.39, 0.29) is 0 Å². The van der Waals surface area contributed by atoms with Gasteiger partial charge in [0, 0.05) is 22.3 Å². The molecule has 0 spiro atoms. The molecule has 0 aliphatic rings. The number of anilines is 1. The minimum Gasteiger partial charge on any atom is -0.399 e. The van der Waals surface area contributed by atoms with Gasteiger partial charge in [0.1, 0.15) is 0 Å². The molecule has 0 saturated heterocycles. The summed E-state index contributed by atoms with van der Waals surface area (Å²) in [6.07, 6.45) is 0. The Morgan fingerprint density at radius 2 is 1.59 bits per heavy atom. The second-order valence-corrected chi connectivity index (χ2v) is 4.38. The lowest BCUT2D eigenvalue weighted by Gasteiger charge is -2.02. The summed E-state index contributed by atoms with van der Waals surface area (Å²) in [7, 11) is 0. The Kier molecular flexibility index (Phi) is 2.15. The molecule has 3 rings (SSSR count). The number of nitrogens with one attached hydrogen (secondary N) is 1. The molecule has 0 fully saturated rings. The maximum Gasteiger partial charge on any atom is 0.0456 e. The Hall–Kier alpha value is -2.22. The largest absolute Gasteiger partial charge is 0.399 e. The van der Waals surface area contributed by atoms with Gasteiger partial charge < -0.3 is 10.7 Å². The molecule has 0 atom stereocenters. The molecule has 84 valence electrons. The van der Waals surface area contributed by atoms with Crippen LogP contribution in [0, 0.1) is 6.92 Å². The molecule has 3 aromatic rings. The molecule has 0 bridgehead atoms. The fourth-order valence-electron chi connectivity index (χ4n) is 2.13. The van der Waals surface area contributed by atoms with E-state index in [2.05, 4.69) is 48.3 Å². The van der Waals surface area contributed by atoms with Crippen LogP contribution in [-0.2, 0) is 0 Å². The number of benzene rings is 2. The maximum atomic E-state index is 5.69. The third-order valence-electron chi connectivity index (χ3n) is 3.00. The van der Waals surface area contributed by atoms with Crippen molar-refractivity contribution in [1.29, 1.82) is 0 Å². The number of fused-ring (bicyclic) bond motifs is 1. The van der Waals surface area contributed by atoms with Gasteiger partial charge in [0.25, 0.3) is 0 Å². The topological polar surface area (TPSA) is 41.8 Å². The molecule has 0 amide bonds. The predicted octanol–water partition coefficient (Wildman–Crippen LogP) is 3.73. The number of nitrogens with two attached hydrogens (primary N) is 1. The molecular weight excluding hydrogens is 208 g/mol. The zero-order chi connectivity index (χ0) is 11.8. The van der Waals surface area contributed by atoms with Crippen molar-refractivity contribution < 1.29 is 0 Å². The third-order valence-corrected chi connectivity index (χ3v) is 3.00. The Bertz CT molecular complexity index is 663. The van der Waals surface area contributed by atoms with Crippen LogP contribution in [0.25, 0.3) is 22.0 Å². The van der Waals surface area contributed by atoms with E-state index in [0.29, 0.717) is 0 Å². The van der Waals surface area contributed by atoms with Gasteiger partial charge in [0.05, 0.1) is 0 Å². The molecule has 2 nitrogen and oxygen atoms in total. The first-order chi connectivity index (χ1) is 8.22. The number of H-pyrrole nitrogens is 1. The number of aromatic nitrogens is 1. The van der Waals surface area contributed by atoms with Crippen LogP contribution in [0.1, 0.15) is 5.69 Å². The minimum absolute atomic E-state index is 0.798. The fourth-order valence-corrected chi connectivity index (χ4v) is 2.13. The smallest absolute Gasteiger partial charge is 0.0456 e. The standard InChI is InChI=1S/C15H14N2/c1-10-8-13-9-12(4-7-15(13)17-10)11-2-5-14(16)6-3-11/h2-9,17H,16H2,1H3. The monoisotopic (exact) mass is 222 g/mol. The van der Waals surface area contributed by atoms with Gasteiger partial charge in [-0.3, -0.25) is 0 Å². The summed E-state index contributed by atoms with van der Waals surface area (Å²) in [5, 5.41) is 1.25. The van der Waals surface area contributed by atoms with Crippen LogP contribution in [0.5, 0.6) is 0 Å². The second-order valence-electron chi connectivity index (χ2n) is 4.38. The molecule has 0 radical (unpaired) electrons. The molecule has 2 heteroatoms. The SMILES string of the molecule is Cc1cc2cc(-c3ccc(N)cc3)ccc2[nH]1. The van der Waals surface area contributed by atoms with Gasteiger partial charge in [-0.15, -0.1) is 0 Å². The first kappa shape index (κ1) is 9.97. The normalized spacial score (nSPS) is 10.9. The van der Waals surface area contributed by atoms with E-state index in [1.807, 2.05) is 12.1 Å². The van der Waals surface area contributed by atoms with Crippen LogP contribution in [0.4, 0.5) is 5.69 Å². The zero-order valence-corrected chi connectivity index (χ0v) is 9.70. The van der Waals surface area contributed by atoms with Crippen molar-refractivity contribution in [2.24, 2.45) is 0 Å². The summed E-state index contributed by atoms with van der Waals surface area (Å²) >= 11 is 0. The highest BCUT2D eigenvalue weighted by atomic mass is 14.7. The molecule has 2 aromatic carbocycles. The van der Waals surface area contributed by atoms with E-state index in [9.17, 15) is 0 Å². The minimum atomic E-state index is 0.798. The highest BCUT2D eigenvalue weighted by Crippen LogP contribution is 2.25. The number of rotatable bonds is 1. The molecule has 0 aliphatic heterocycles. The van der Waals surface area contributed by atoms with E-state index in [1.165, 1.54) is 27.7 Å². The van der Waals surface area contributed by atoms with Gasteiger partial charge in [-0.2, -0.15) is 0 Å². The van der Waals surface area contributed by atoms with Crippen LogP contribution >= 0.6 is 0 Å². The molecule has 0 unspecified atom stereocenters. The third kappa shape index (κ3) is 1.78. The first-order valence-electron chi connectivity index (χ1n) is 5.68. The van der Waals surface area contributed by atoms with Crippen molar-refractivity contribution in [2.75, 3.05) is 5.73 Å². The van der Waals surface area contributed by atoms with E-state index in [1.54, 1.807) is 0 Å². The van der Waals surface area contributed by atoms with E-state index in [4.69, 9.17) is 5.73 Å². The van der Waals surface area contributed by atoms with Crippen molar-refractivity contribution in [2.45, 2.75) is 6.92 Å². The molecule has 0 aliphatic carbocycles. The summed E-state index contributed by atoms with van der Waals surface area (Å²) in [5.74, 6) is 0. The van der Waals surface area contributed by atoms with E-state index >= 15 is 0 Å². The van der Waals surface area contributed by atoms with Crippen molar-refractivity contribution in [3.8, 4) is 11.1 Å². The lowest BCUT2D eigenvalue weighted by molar-refractivity contribution is 1.30. The molecular formula is C15H14N2. The highest BCUT2D eigenvalue weighted by Gasteiger charge is 2.01. The van der Waals surface area contributed by atoms with Crippen molar-refractivity contribution in [1.82, 2.24) is 4.98 Å². The van der Waals surface area contributed by atoms with Gasteiger partial charge in [0.2, 0.25) is 0 Å². The quantitative estimate of drug-likeness (QED) is 0.605. The van der Waals surface area contributed by atoms with Gasteiger partial charge in [-0.1, -0.05) is 18.2 Å². The molecule has 17 heavy (non-hydrogen) atoms. The average Bonchev–Trinajstić information content (AvgIpc) is 2.69. The van der Waals surface area contributed by atoms with Gasteiger partial charge in [-0.25, -0.2) is 0 Å². The van der Waals surface area contributed by atoms with Gasteiger partial charge in [0.15, 0.2) is 0 Å². The fraction of sp³-hybridized carbons (Fsp3) is 0.0667. The zero-order valence-electron chi connectivity index (χ0n) is 9.70.